The fourth-order valence-corrected chi connectivity index (χ4v) is 3.59. The van der Waals surface area contributed by atoms with Crippen molar-refractivity contribution >= 4 is 35.0 Å². The van der Waals surface area contributed by atoms with Gasteiger partial charge in [0.1, 0.15) is 0 Å². The summed E-state index contributed by atoms with van der Waals surface area (Å²) in [6.07, 6.45) is 1.84. The molecule has 0 fully saturated rings. The lowest BCUT2D eigenvalue weighted by Gasteiger charge is -2.14. The Hall–Kier alpha value is -2.24. The van der Waals surface area contributed by atoms with Crippen LogP contribution in [0.25, 0.3) is 11.3 Å². The largest absolute Gasteiger partial charge is 0.325 e. The summed E-state index contributed by atoms with van der Waals surface area (Å²) in [5.41, 5.74) is 3.72. The number of imidazole rings is 1. The maximum Gasteiger partial charge on any atom is 0.237 e. The molecule has 1 amide bonds. The quantitative estimate of drug-likeness (QED) is 0.616. The minimum Gasteiger partial charge on any atom is -0.325 e. The highest BCUT2D eigenvalue weighted by molar-refractivity contribution is 8.00. The number of nitrogens with one attached hydrogen (secondary N) is 1. The molecule has 2 aromatic carbocycles. The molecule has 3 aromatic rings. The number of thioether (sulfide) groups is 1. The van der Waals surface area contributed by atoms with E-state index in [0.717, 1.165) is 27.7 Å². The summed E-state index contributed by atoms with van der Waals surface area (Å²) >= 11 is 7.55. The molecule has 0 aliphatic carbocycles. The van der Waals surface area contributed by atoms with Crippen molar-refractivity contribution in [2.75, 3.05) is 5.32 Å². The average molecular weight is 386 g/mol. The predicted octanol–water partition coefficient (Wildman–Crippen LogP) is 5.17. The van der Waals surface area contributed by atoms with Crippen LogP contribution in [0.1, 0.15) is 12.5 Å². The Bertz CT molecular complexity index is 924. The summed E-state index contributed by atoms with van der Waals surface area (Å²) in [5, 5.41) is 4.09. The molecule has 6 heteroatoms. The van der Waals surface area contributed by atoms with Gasteiger partial charge in [0.25, 0.3) is 0 Å². The maximum atomic E-state index is 12.6. The molecule has 26 heavy (non-hydrogen) atoms. The van der Waals surface area contributed by atoms with Gasteiger partial charge < -0.3 is 9.88 Å². The van der Waals surface area contributed by atoms with Crippen molar-refractivity contribution in [2.24, 2.45) is 7.05 Å². The number of amides is 1. The number of nitrogens with zero attached hydrogens (tertiary/aromatic N) is 2. The first-order valence-electron chi connectivity index (χ1n) is 8.27. The predicted molar refractivity (Wildman–Crippen MR) is 109 cm³/mol. The van der Waals surface area contributed by atoms with Gasteiger partial charge in [-0.25, -0.2) is 4.98 Å². The van der Waals surface area contributed by atoms with Gasteiger partial charge in [-0.3, -0.25) is 4.79 Å². The topological polar surface area (TPSA) is 46.9 Å². The number of aromatic nitrogens is 2. The summed E-state index contributed by atoms with van der Waals surface area (Å²) in [5.74, 6) is -0.0790. The van der Waals surface area contributed by atoms with Crippen LogP contribution >= 0.6 is 23.4 Å². The lowest BCUT2D eigenvalue weighted by atomic mass is 10.2. The number of hydrogen-bond donors (Lipinski definition) is 1. The number of anilines is 1. The van der Waals surface area contributed by atoms with E-state index in [1.54, 1.807) is 0 Å². The first-order chi connectivity index (χ1) is 12.5. The van der Waals surface area contributed by atoms with Crippen LogP contribution in [-0.2, 0) is 11.8 Å². The minimum absolute atomic E-state index is 0.0790. The van der Waals surface area contributed by atoms with Crippen LogP contribution in [0.3, 0.4) is 0 Å². The molecule has 0 saturated heterocycles. The number of halogens is 1. The second kappa shape index (κ2) is 7.98. The van der Waals surface area contributed by atoms with Crippen molar-refractivity contribution in [3.8, 4) is 11.3 Å². The van der Waals surface area contributed by atoms with E-state index in [1.165, 1.54) is 11.8 Å². The Labute approximate surface area is 162 Å². The standard InChI is InChI=1S/C20H20ClN3OS/c1-13-16(21)10-7-11-17(13)23-19(25)14(2)26-20-22-12-18(24(20)3)15-8-5-4-6-9-15/h4-12,14H,1-3H3,(H,23,25). The zero-order valence-electron chi connectivity index (χ0n) is 14.9. The van der Waals surface area contributed by atoms with Crippen LogP contribution in [0.5, 0.6) is 0 Å². The molecule has 1 unspecified atom stereocenters. The highest BCUT2D eigenvalue weighted by Gasteiger charge is 2.19. The summed E-state index contributed by atoms with van der Waals surface area (Å²) in [7, 11) is 1.96. The zero-order valence-corrected chi connectivity index (χ0v) is 16.4. The molecular weight excluding hydrogens is 366 g/mol. The van der Waals surface area contributed by atoms with Crippen molar-refractivity contribution in [3.63, 3.8) is 0 Å². The maximum absolute atomic E-state index is 12.6. The van der Waals surface area contributed by atoms with Gasteiger partial charge in [-0.1, -0.05) is 59.8 Å². The third kappa shape index (κ3) is 3.94. The molecule has 1 heterocycles. The third-order valence-corrected chi connectivity index (χ3v) is 5.76. The lowest BCUT2D eigenvalue weighted by molar-refractivity contribution is -0.115. The summed E-state index contributed by atoms with van der Waals surface area (Å²) in [6, 6.07) is 15.6. The Morgan fingerprint density at radius 2 is 1.92 bits per heavy atom. The second-order valence-electron chi connectivity index (χ2n) is 6.01. The fourth-order valence-electron chi connectivity index (χ4n) is 2.57. The molecule has 4 nitrogen and oxygen atoms in total. The van der Waals surface area contributed by atoms with Crippen molar-refractivity contribution in [3.05, 3.63) is 65.3 Å². The monoisotopic (exact) mass is 385 g/mol. The molecule has 1 atom stereocenters. The van der Waals surface area contributed by atoms with E-state index in [2.05, 4.69) is 10.3 Å². The van der Waals surface area contributed by atoms with Gasteiger partial charge in [-0.05, 0) is 37.1 Å². The molecular formula is C20H20ClN3OS. The molecule has 0 radical (unpaired) electrons. The van der Waals surface area contributed by atoms with Gasteiger partial charge in [0.2, 0.25) is 5.91 Å². The summed E-state index contributed by atoms with van der Waals surface area (Å²) < 4.78 is 2.01. The number of rotatable bonds is 5. The third-order valence-electron chi connectivity index (χ3n) is 4.19. The van der Waals surface area contributed by atoms with Crippen LogP contribution in [0.2, 0.25) is 5.02 Å². The molecule has 0 spiro atoms. The van der Waals surface area contributed by atoms with E-state index < -0.39 is 0 Å². The van der Waals surface area contributed by atoms with E-state index in [-0.39, 0.29) is 11.2 Å². The first kappa shape index (κ1) is 18.5. The Kier molecular flexibility index (Phi) is 5.69. The smallest absolute Gasteiger partial charge is 0.237 e. The van der Waals surface area contributed by atoms with Crippen molar-refractivity contribution < 1.29 is 4.79 Å². The lowest BCUT2D eigenvalue weighted by Crippen LogP contribution is -2.23. The van der Waals surface area contributed by atoms with Crippen molar-refractivity contribution in [1.82, 2.24) is 9.55 Å². The number of hydrogen-bond acceptors (Lipinski definition) is 3. The second-order valence-corrected chi connectivity index (χ2v) is 7.73. The summed E-state index contributed by atoms with van der Waals surface area (Å²) in [6.45, 7) is 3.76. The Morgan fingerprint density at radius 1 is 1.19 bits per heavy atom. The fraction of sp³-hybridized carbons (Fsp3) is 0.200. The molecule has 134 valence electrons. The molecule has 0 saturated carbocycles. The van der Waals surface area contributed by atoms with Crippen LogP contribution in [0.15, 0.2) is 59.9 Å². The van der Waals surface area contributed by atoms with Crippen LogP contribution in [0.4, 0.5) is 5.69 Å². The molecule has 0 aliphatic heterocycles. The van der Waals surface area contributed by atoms with Gasteiger partial charge in [0, 0.05) is 17.8 Å². The van der Waals surface area contributed by atoms with E-state index in [1.807, 2.05) is 80.2 Å². The highest BCUT2D eigenvalue weighted by atomic mass is 35.5. The van der Waals surface area contributed by atoms with Gasteiger partial charge in [-0.15, -0.1) is 0 Å². The van der Waals surface area contributed by atoms with E-state index in [9.17, 15) is 4.79 Å². The van der Waals surface area contributed by atoms with Gasteiger partial charge in [-0.2, -0.15) is 0 Å². The molecule has 1 N–H and O–H groups in total. The number of carbonyl (C=O) groups excluding carboxylic acids is 1. The van der Waals surface area contributed by atoms with Crippen LogP contribution < -0.4 is 5.32 Å². The first-order valence-corrected chi connectivity index (χ1v) is 9.53. The van der Waals surface area contributed by atoms with E-state index >= 15 is 0 Å². The molecule has 0 bridgehead atoms. The van der Waals surface area contributed by atoms with Crippen molar-refractivity contribution in [2.45, 2.75) is 24.3 Å². The molecule has 0 aliphatic rings. The number of benzene rings is 2. The Morgan fingerprint density at radius 3 is 2.65 bits per heavy atom. The van der Waals surface area contributed by atoms with Crippen LogP contribution in [-0.4, -0.2) is 20.7 Å². The summed E-state index contributed by atoms with van der Waals surface area (Å²) in [4.78, 5) is 17.0. The number of carbonyl (C=O) groups is 1. The van der Waals surface area contributed by atoms with Crippen LogP contribution in [0, 0.1) is 6.92 Å². The normalized spacial score (nSPS) is 12.0. The van der Waals surface area contributed by atoms with Crippen molar-refractivity contribution in [1.29, 1.82) is 0 Å². The highest BCUT2D eigenvalue weighted by Crippen LogP contribution is 2.29. The average Bonchev–Trinajstić information content (AvgIpc) is 3.00. The minimum atomic E-state index is -0.293. The molecule has 3 rings (SSSR count). The van der Waals surface area contributed by atoms with Gasteiger partial charge in [0.15, 0.2) is 5.16 Å². The van der Waals surface area contributed by atoms with Gasteiger partial charge in [0.05, 0.1) is 17.1 Å². The molecule has 1 aromatic heterocycles. The zero-order chi connectivity index (χ0) is 18.7. The van der Waals surface area contributed by atoms with Gasteiger partial charge >= 0.3 is 0 Å². The van der Waals surface area contributed by atoms with E-state index in [0.29, 0.717) is 5.02 Å². The van der Waals surface area contributed by atoms with E-state index in [4.69, 9.17) is 11.6 Å². The SMILES string of the molecule is Cc1c(Cl)cccc1NC(=O)C(C)Sc1ncc(-c2ccccc2)n1C. The Balaban J connectivity index is 1.72.